The van der Waals surface area contributed by atoms with E-state index < -0.39 is 0 Å². The summed E-state index contributed by atoms with van der Waals surface area (Å²) in [6.45, 7) is 4.16. The Labute approximate surface area is 201 Å². The monoisotopic (exact) mass is 551 g/mol. The normalized spacial score (nSPS) is 15.4. The zero-order chi connectivity index (χ0) is 21.5. The maximum absolute atomic E-state index is 6.37. The average Bonchev–Trinajstić information content (AvgIpc) is 3.28. The molecule has 164 valence electrons. The molecular formula is C23H27ClIN5O. The first-order chi connectivity index (χ1) is 15.2. The second-order valence-corrected chi connectivity index (χ2v) is 9.06. The molecule has 0 radical (unpaired) electrons. The topological polar surface area (TPSA) is 67.1 Å². The number of benzene rings is 1. The quantitative estimate of drug-likeness (QED) is 0.232. The Morgan fingerprint density at radius 1 is 1.19 bits per heavy atom. The second kappa shape index (κ2) is 11.4. The lowest BCUT2D eigenvalue weighted by Gasteiger charge is -2.32. The standard InChI is InChI=1S/C23H27ClIN5O/c24-20-14-17(6-7-18(20)15-25)16-30-12-8-19(9-13-30)26-11-3-5-22-28-23(29-31-22)21-4-1-2-10-27-21/h1-2,4,6-7,10,14,19,26H,3,5,8-9,11-13,15-16H2. The number of piperidine rings is 1. The number of nitrogens with zero attached hydrogens (tertiary/aromatic N) is 4. The van der Waals surface area contributed by atoms with Crippen molar-refractivity contribution < 1.29 is 4.52 Å². The summed E-state index contributed by atoms with van der Waals surface area (Å²) < 4.78 is 6.31. The van der Waals surface area contributed by atoms with E-state index in [4.69, 9.17) is 16.1 Å². The van der Waals surface area contributed by atoms with E-state index in [1.807, 2.05) is 18.2 Å². The summed E-state index contributed by atoms with van der Waals surface area (Å²) in [5.74, 6) is 1.23. The summed E-state index contributed by atoms with van der Waals surface area (Å²) in [5, 5.41) is 8.60. The van der Waals surface area contributed by atoms with Gasteiger partial charge in [-0.2, -0.15) is 4.98 Å². The number of aromatic nitrogens is 3. The average molecular weight is 552 g/mol. The molecule has 0 atom stereocenters. The first kappa shape index (κ1) is 22.6. The predicted molar refractivity (Wildman–Crippen MR) is 131 cm³/mol. The number of rotatable bonds is 9. The van der Waals surface area contributed by atoms with E-state index in [-0.39, 0.29) is 0 Å². The summed E-state index contributed by atoms with van der Waals surface area (Å²) in [5.41, 5.74) is 3.25. The van der Waals surface area contributed by atoms with Gasteiger partial charge in [0.15, 0.2) is 0 Å². The zero-order valence-corrected chi connectivity index (χ0v) is 20.3. The molecule has 0 saturated carbocycles. The van der Waals surface area contributed by atoms with Gasteiger partial charge < -0.3 is 9.84 Å². The van der Waals surface area contributed by atoms with Gasteiger partial charge in [-0.25, -0.2) is 0 Å². The van der Waals surface area contributed by atoms with Gasteiger partial charge in [-0.1, -0.05) is 57.5 Å². The van der Waals surface area contributed by atoms with Gasteiger partial charge in [0.25, 0.3) is 0 Å². The maximum atomic E-state index is 6.37. The minimum Gasteiger partial charge on any atom is -0.339 e. The van der Waals surface area contributed by atoms with E-state index >= 15 is 0 Å². The van der Waals surface area contributed by atoms with Crippen molar-refractivity contribution in [1.82, 2.24) is 25.3 Å². The van der Waals surface area contributed by atoms with Crippen molar-refractivity contribution in [3.05, 3.63) is 64.6 Å². The maximum Gasteiger partial charge on any atom is 0.227 e. The molecule has 6 nitrogen and oxygen atoms in total. The van der Waals surface area contributed by atoms with Crippen LogP contribution in [-0.4, -0.2) is 45.7 Å². The highest BCUT2D eigenvalue weighted by Gasteiger charge is 2.19. The van der Waals surface area contributed by atoms with E-state index in [1.54, 1.807) is 6.20 Å². The number of pyridine rings is 1. The Morgan fingerprint density at radius 3 is 2.81 bits per heavy atom. The molecule has 0 unspecified atom stereocenters. The Hall–Kier alpha value is -1.55. The first-order valence-corrected chi connectivity index (χ1v) is 12.6. The lowest BCUT2D eigenvalue weighted by molar-refractivity contribution is 0.190. The van der Waals surface area contributed by atoms with Crippen LogP contribution in [-0.2, 0) is 17.4 Å². The molecule has 0 amide bonds. The fourth-order valence-corrected chi connectivity index (χ4v) is 5.01. The van der Waals surface area contributed by atoms with Crippen molar-refractivity contribution in [3.63, 3.8) is 0 Å². The fraction of sp³-hybridized carbons (Fsp3) is 0.435. The molecule has 8 heteroatoms. The van der Waals surface area contributed by atoms with Crippen molar-refractivity contribution in [2.24, 2.45) is 0 Å². The Balaban J connectivity index is 1.14. The third kappa shape index (κ3) is 6.47. The number of hydrogen-bond donors (Lipinski definition) is 1. The Morgan fingerprint density at radius 2 is 2.06 bits per heavy atom. The molecule has 3 aromatic rings. The highest BCUT2D eigenvalue weighted by atomic mass is 127. The van der Waals surface area contributed by atoms with Gasteiger partial charge in [0.1, 0.15) is 5.69 Å². The van der Waals surface area contributed by atoms with Gasteiger partial charge in [0.05, 0.1) is 0 Å². The van der Waals surface area contributed by atoms with Crippen molar-refractivity contribution in [1.29, 1.82) is 0 Å². The molecule has 3 heterocycles. The third-order valence-electron chi connectivity index (χ3n) is 5.62. The number of hydrogen-bond acceptors (Lipinski definition) is 6. The van der Waals surface area contributed by atoms with Crippen LogP contribution in [0.1, 0.15) is 36.3 Å². The summed E-state index contributed by atoms with van der Waals surface area (Å²) in [6.07, 6.45) is 5.83. The van der Waals surface area contributed by atoms with Crippen molar-refractivity contribution >= 4 is 34.2 Å². The van der Waals surface area contributed by atoms with Crippen LogP contribution < -0.4 is 5.32 Å². The van der Waals surface area contributed by atoms with E-state index in [2.05, 4.69) is 66.1 Å². The molecule has 2 aromatic heterocycles. The summed E-state index contributed by atoms with van der Waals surface area (Å²) in [6, 6.07) is 12.7. The van der Waals surface area contributed by atoms with Crippen LogP contribution in [0.15, 0.2) is 47.1 Å². The zero-order valence-electron chi connectivity index (χ0n) is 17.4. The molecule has 0 bridgehead atoms. The van der Waals surface area contributed by atoms with Gasteiger partial charge in [-0.15, -0.1) is 0 Å². The van der Waals surface area contributed by atoms with Gasteiger partial charge >= 0.3 is 0 Å². The number of nitrogens with one attached hydrogen (secondary N) is 1. The number of alkyl halides is 1. The van der Waals surface area contributed by atoms with Crippen molar-refractivity contribution in [2.75, 3.05) is 19.6 Å². The predicted octanol–water partition coefficient (Wildman–Crippen LogP) is 4.91. The minimum atomic E-state index is 0.557. The molecule has 31 heavy (non-hydrogen) atoms. The summed E-state index contributed by atoms with van der Waals surface area (Å²) >= 11 is 8.72. The van der Waals surface area contributed by atoms with Crippen LogP contribution in [0.2, 0.25) is 5.02 Å². The Kier molecular flexibility index (Phi) is 8.29. The van der Waals surface area contributed by atoms with Crippen LogP contribution in [0, 0.1) is 0 Å². The molecule has 0 spiro atoms. The number of likely N-dealkylation sites (tertiary alicyclic amines) is 1. The van der Waals surface area contributed by atoms with Gasteiger partial charge in [0, 0.05) is 34.7 Å². The molecule has 1 saturated heterocycles. The largest absolute Gasteiger partial charge is 0.339 e. The van der Waals surface area contributed by atoms with Crippen LogP contribution >= 0.6 is 34.2 Å². The third-order valence-corrected chi connectivity index (χ3v) is 6.79. The van der Waals surface area contributed by atoms with Crippen LogP contribution in [0.3, 0.4) is 0 Å². The van der Waals surface area contributed by atoms with E-state index in [1.165, 1.54) is 24.0 Å². The molecule has 4 rings (SSSR count). The van der Waals surface area contributed by atoms with E-state index in [9.17, 15) is 0 Å². The van der Waals surface area contributed by atoms with Crippen molar-refractivity contribution in [2.45, 2.75) is 42.7 Å². The molecule has 1 aliphatic heterocycles. The molecule has 0 aliphatic carbocycles. The highest BCUT2D eigenvalue weighted by Crippen LogP contribution is 2.22. The van der Waals surface area contributed by atoms with E-state index in [0.29, 0.717) is 17.8 Å². The SMILES string of the molecule is Clc1cc(CN2CCC(NCCCc3nc(-c4ccccn4)no3)CC2)ccc1CI. The van der Waals surface area contributed by atoms with Crippen LogP contribution in [0.5, 0.6) is 0 Å². The summed E-state index contributed by atoms with van der Waals surface area (Å²) in [4.78, 5) is 11.2. The van der Waals surface area contributed by atoms with Crippen LogP contribution in [0.4, 0.5) is 0 Å². The minimum absolute atomic E-state index is 0.557. The smallest absolute Gasteiger partial charge is 0.227 e. The highest BCUT2D eigenvalue weighted by molar-refractivity contribution is 14.1. The lowest BCUT2D eigenvalue weighted by Crippen LogP contribution is -2.42. The molecule has 1 aromatic carbocycles. The van der Waals surface area contributed by atoms with Crippen molar-refractivity contribution in [3.8, 4) is 11.5 Å². The van der Waals surface area contributed by atoms with Gasteiger partial charge in [0.2, 0.25) is 11.7 Å². The second-order valence-electron chi connectivity index (χ2n) is 7.89. The number of aryl methyl sites for hydroxylation is 1. The lowest BCUT2D eigenvalue weighted by atomic mass is 10.0. The number of halogens is 2. The molecule has 1 fully saturated rings. The molecular weight excluding hydrogens is 525 g/mol. The van der Waals surface area contributed by atoms with Crippen LogP contribution in [0.25, 0.3) is 11.5 Å². The first-order valence-electron chi connectivity index (χ1n) is 10.7. The van der Waals surface area contributed by atoms with Gasteiger partial charge in [-0.05, 0) is 68.2 Å². The molecule has 1 aliphatic rings. The summed E-state index contributed by atoms with van der Waals surface area (Å²) in [7, 11) is 0. The molecule has 1 N–H and O–H groups in total. The Bertz CT molecular complexity index is 960. The van der Waals surface area contributed by atoms with E-state index in [0.717, 1.165) is 54.2 Å². The fourth-order valence-electron chi connectivity index (χ4n) is 3.85. The van der Waals surface area contributed by atoms with Gasteiger partial charge in [-0.3, -0.25) is 9.88 Å².